The van der Waals surface area contributed by atoms with Crippen LogP contribution >= 0.6 is 0 Å². The number of carbonyl (C=O) groups is 1. The zero-order valence-electron chi connectivity index (χ0n) is 11.4. The van der Waals surface area contributed by atoms with Gasteiger partial charge in [0.25, 0.3) is 0 Å². The van der Waals surface area contributed by atoms with Crippen LogP contribution in [0.2, 0.25) is 0 Å². The third-order valence-corrected chi connectivity index (χ3v) is 3.82. The Morgan fingerprint density at radius 2 is 2.33 bits per heavy atom. The highest BCUT2D eigenvalue weighted by Crippen LogP contribution is 2.20. The van der Waals surface area contributed by atoms with Gasteiger partial charge in [-0.05, 0) is 26.3 Å². The number of rotatable bonds is 5. The molecule has 0 radical (unpaired) electrons. The van der Waals surface area contributed by atoms with Gasteiger partial charge in [0.05, 0.1) is 0 Å². The van der Waals surface area contributed by atoms with Crippen LogP contribution in [0, 0.1) is 0 Å². The summed E-state index contributed by atoms with van der Waals surface area (Å²) in [5.41, 5.74) is 0. The van der Waals surface area contributed by atoms with Crippen LogP contribution in [0.3, 0.4) is 0 Å². The number of nitrogens with zero attached hydrogens (tertiary/aromatic N) is 3. The van der Waals surface area contributed by atoms with Gasteiger partial charge in [-0.25, -0.2) is 4.98 Å². The first kappa shape index (κ1) is 13.3. The molecule has 1 aliphatic rings. The number of ketones is 1. The van der Waals surface area contributed by atoms with Crippen molar-refractivity contribution in [3.05, 3.63) is 18.2 Å². The van der Waals surface area contributed by atoms with Crippen molar-refractivity contribution in [2.75, 3.05) is 13.1 Å². The highest BCUT2D eigenvalue weighted by atomic mass is 16.1. The molecular formula is C14H23N3O. The van der Waals surface area contributed by atoms with Crippen molar-refractivity contribution in [3.63, 3.8) is 0 Å². The summed E-state index contributed by atoms with van der Waals surface area (Å²) in [6.45, 7) is 3.84. The van der Waals surface area contributed by atoms with Gasteiger partial charge >= 0.3 is 0 Å². The zero-order valence-corrected chi connectivity index (χ0v) is 11.4. The van der Waals surface area contributed by atoms with Crippen molar-refractivity contribution in [3.8, 4) is 0 Å². The Kier molecular flexibility index (Phi) is 4.53. The standard InChI is InChI=1S/C14H23N3O/c1-12(18)11-13-5-3-4-8-17(13)9-6-14-15-7-10-16(14)2/h7,10,13H,3-6,8-9,11H2,1-2H3. The lowest BCUT2D eigenvalue weighted by Crippen LogP contribution is -2.41. The van der Waals surface area contributed by atoms with Crippen LogP contribution in [-0.2, 0) is 18.3 Å². The van der Waals surface area contributed by atoms with Crippen LogP contribution in [-0.4, -0.2) is 39.4 Å². The van der Waals surface area contributed by atoms with Gasteiger partial charge in [-0.2, -0.15) is 0 Å². The molecule has 1 saturated heterocycles. The fourth-order valence-electron chi connectivity index (χ4n) is 2.80. The predicted octanol–water partition coefficient (Wildman–Crippen LogP) is 1.80. The molecule has 18 heavy (non-hydrogen) atoms. The molecule has 1 atom stereocenters. The van der Waals surface area contributed by atoms with Crippen LogP contribution in [0.4, 0.5) is 0 Å². The molecule has 0 N–H and O–H groups in total. The van der Waals surface area contributed by atoms with Crippen LogP contribution in [0.5, 0.6) is 0 Å². The Bertz CT molecular complexity index is 399. The molecule has 0 aliphatic carbocycles. The quantitative estimate of drug-likeness (QED) is 0.798. The zero-order chi connectivity index (χ0) is 13.0. The smallest absolute Gasteiger partial charge is 0.131 e. The van der Waals surface area contributed by atoms with Gasteiger partial charge in [0, 0.05) is 44.9 Å². The van der Waals surface area contributed by atoms with Gasteiger partial charge in [-0.1, -0.05) is 6.42 Å². The Morgan fingerprint density at radius 3 is 3.00 bits per heavy atom. The highest BCUT2D eigenvalue weighted by molar-refractivity contribution is 5.76. The summed E-state index contributed by atoms with van der Waals surface area (Å²) in [5, 5.41) is 0. The van der Waals surface area contributed by atoms with Crippen LogP contribution in [0.25, 0.3) is 0 Å². The van der Waals surface area contributed by atoms with Crippen molar-refractivity contribution >= 4 is 5.78 Å². The molecule has 0 aromatic carbocycles. The average Bonchev–Trinajstić information content (AvgIpc) is 2.73. The van der Waals surface area contributed by atoms with E-state index < -0.39 is 0 Å². The maximum atomic E-state index is 11.3. The minimum atomic E-state index is 0.309. The first-order valence-corrected chi connectivity index (χ1v) is 6.86. The van der Waals surface area contributed by atoms with Gasteiger partial charge in [-0.3, -0.25) is 9.69 Å². The number of carbonyl (C=O) groups excluding carboxylic acids is 1. The molecule has 0 saturated carbocycles. The second-order valence-corrected chi connectivity index (χ2v) is 5.30. The van der Waals surface area contributed by atoms with E-state index in [1.165, 1.54) is 19.3 Å². The van der Waals surface area contributed by atoms with Crippen molar-refractivity contribution in [2.45, 2.75) is 45.1 Å². The summed E-state index contributed by atoms with van der Waals surface area (Å²) < 4.78 is 2.07. The number of likely N-dealkylation sites (tertiary alicyclic amines) is 1. The third kappa shape index (κ3) is 3.42. The fraction of sp³-hybridized carbons (Fsp3) is 0.714. The number of aromatic nitrogens is 2. The molecule has 100 valence electrons. The molecule has 2 heterocycles. The molecular weight excluding hydrogens is 226 g/mol. The first-order valence-electron chi connectivity index (χ1n) is 6.86. The Morgan fingerprint density at radius 1 is 1.50 bits per heavy atom. The van der Waals surface area contributed by atoms with E-state index in [4.69, 9.17) is 0 Å². The third-order valence-electron chi connectivity index (χ3n) is 3.82. The summed E-state index contributed by atoms with van der Waals surface area (Å²) in [7, 11) is 2.03. The molecule has 0 spiro atoms. The van der Waals surface area contributed by atoms with E-state index in [1.54, 1.807) is 6.92 Å². The number of Topliss-reactive ketones (excluding diaryl/α,β-unsaturated/α-hetero) is 1. The second-order valence-electron chi connectivity index (χ2n) is 5.30. The van der Waals surface area contributed by atoms with Crippen molar-refractivity contribution in [1.82, 2.24) is 14.5 Å². The van der Waals surface area contributed by atoms with E-state index in [0.717, 1.165) is 25.3 Å². The first-order chi connectivity index (χ1) is 8.66. The number of hydrogen-bond donors (Lipinski definition) is 0. The van der Waals surface area contributed by atoms with E-state index in [2.05, 4.69) is 14.5 Å². The number of piperidine rings is 1. The summed E-state index contributed by atoms with van der Waals surface area (Å²) >= 11 is 0. The Hall–Kier alpha value is -1.16. The van der Waals surface area contributed by atoms with E-state index in [1.807, 2.05) is 19.4 Å². The summed E-state index contributed by atoms with van der Waals surface area (Å²) in [6, 6.07) is 0.455. The summed E-state index contributed by atoms with van der Waals surface area (Å²) in [6.07, 6.45) is 9.20. The molecule has 4 heteroatoms. The number of aryl methyl sites for hydroxylation is 1. The van der Waals surface area contributed by atoms with Crippen molar-refractivity contribution < 1.29 is 4.79 Å². The molecule has 0 amide bonds. The Balaban J connectivity index is 1.89. The molecule has 4 nitrogen and oxygen atoms in total. The summed E-state index contributed by atoms with van der Waals surface area (Å²) in [4.78, 5) is 18.1. The van der Waals surface area contributed by atoms with Gasteiger partial charge in [-0.15, -0.1) is 0 Å². The largest absolute Gasteiger partial charge is 0.338 e. The topological polar surface area (TPSA) is 38.1 Å². The second kappa shape index (κ2) is 6.14. The van der Waals surface area contributed by atoms with Crippen molar-refractivity contribution in [1.29, 1.82) is 0 Å². The molecule has 1 fully saturated rings. The maximum Gasteiger partial charge on any atom is 0.131 e. The lowest BCUT2D eigenvalue weighted by molar-refractivity contribution is -0.118. The van der Waals surface area contributed by atoms with E-state index in [-0.39, 0.29) is 0 Å². The maximum absolute atomic E-state index is 11.3. The fourth-order valence-corrected chi connectivity index (χ4v) is 2.80. The Labute approximate surface area is 109 Å². The minimum Gasteiger partial charge on any atom is -0.338 e. The highest BCUT2D eigenvalue weighted by Gasteiger charge is 2.23. The SMILES string of the molecule is CC(=O)CC1CCCCN1CCc1nccn1C. The molecule has 1 aliphatic heterocycles. The lowest BCUT2D eigenvalue weighted by atomic mass is 9.97. The van der Waals surface area contributed by atoms with Crippen LogP contribution in [0.1, 0.15) is 38.4 Å². The summed E-state index contributed by atoms with van der Waals surface area (Å²) in [5.74, 6) is 1.44. The monoisotopic (exact) mass is 249 g/mol. The minimum absolute atomic E-state index is 0.309. The van der Waals surface area contributed by atoms with Gasteiger partial charge in [0.2, 0.25) is 0 Å². The van der Waals surface area contributed by atoms with Gasteiger partial charge < -0.3 is 4.57 Å². The molecule has 1 unspecified atom stereocenters. The van der Waals surface area contributed by atoms with Gasteiger partial charge in [0.1, 0.15) is 11.6 Å². The number of hydrogen-bond acceptors (Lipinski definition) is 3. The lowest BCUT2D eigenvalue weighted by Gasteiger charge is -2.35. The normalized spacial score (nSPS) is 21.1. The van der Waals surface area contributed by atoms with E-state index in [9.17, 15) is 4.79 Å². The molecule has 1 aromatic rings. The van der Waals surface area contributed by atoms with Crippen LogP contribution in [0.15, 0.2) is 12.4 Å². The molecule has 0 bridgehead atoms. The van der Waals surface area contributed by atoms with Gasteiger partial charge in [0.15, 0.2) is 0 Å². The van der Waals surface area contributed by atoms with Crippen LogP contribution < -0.4 is 0 Å². The van der Waals surface area contributed by atoms with Crippen molar-refractivity contribution in [2.24, 2.45) is 7.05 Å². The average molecular weight is 249 g/mol. The number of imidazole rings is 1. The predicted molar refractivity (Wildman–Crippen MR) is 71.4 cm³/mol. The molecule has 2 rings (SSSR count). The van der Waals surface area contributed by atoms with E-state index in [0.29, 0.717) is 18.2 Å². The molecule has 1 aromatic heterocycles. The van der Waals surface area contributed by atoms with E-state index >= 15 is 0 Å².